The standard InChI is InChI=1S/C10H22N2O2/c1-10(2,3)12-9(13)14-8-6-5-7-11-4/h11H,5-8H2,1-4H3,(H,12,13). The Bertz CT molecular complexity index is 164. The van der Waals surface area contributed by atoms with Gasteiger partial charge in [0.05, 0.1) is 6.61 Å². The molecule has 0 aliphatic heterocycles. The minimum absolute atomic E-state index is 0.220. The van der Waals surface area contributed by atoms with Crippen LogP contribution in [0.15, 0.2) is 0 Å². The van der Waals surface area contributed by atoms with Gasteiger partial charge in [-0.05, 0) is 47.2 Å². The van der Waals surface area contributed by atoms with Crippen LogP contribution in [0.1, 0.15) is 33.6 Å². The monoisotopic (exact) mass is 202 g/mol. The summed E-state index contributed by atoms with van der Waals surface area (Å²) in [6.45, 7) is 7.23. The van der Waals surface area contributed by atoms with Crippen molar-refractivity contribution in [3.63, 3.8) is 0 Å². The zero-order valence-corrected chi connectivity index (χ0v) is 9.64. The van der Waals surface area contributed by atoms with Crippen LogP contribution in [0.25, 0.3) is 0 Å². The number of ether oxygens (including phenoxy) is 1. The summed E-state index contributed by atoms with van der Waals surface area (Å²) in [5.41, 5.74) is -0.220. The minimum Gasteiger partial charge on any atom is -0.450 e. The first-order valence-electron chi connectivity index (χ1n) is 5.05. The third kappa shape index (κ3) is 9.32. The van der Waals surface area contributed by atoms with Crippen molar-refractivity contribution in [2.45, 2.75) is 39.2 Å². The highest BCUT2D eigenvalue weighted by Crippen LogP contribution is 1.99. The first-order chi connectivity index (χ1) is 6.45. The van der Waals surface area contributed by atoms with Crippen molar-refractivity contribution in [1.29, 1.82) is 0 Å². The molecule has 0 rings (SSSR count). The first-order valence-corrected chi connectivity index (χ1v) is 5.05. The summed E-state index contributed by atoms with van der Waals surface area (Å²) in [4.78, 5) is 11.1. The van der Waals surface area contributed by atoms with Crippen LogP contribution in [-0.2, 0) is 4.74 Å². The molecular weight excluding hydrogens is 180 g/mol. The Morgan fingerprint density at radius 1 is 1.29 bits per heavy atom. The van der Waals surface area contributed by atoms with E-state index < -0.39 is 0 Å². The molecule has 0 aromatic rings. The Morgan fingerprint density at radius 3 is 2.43 bits per heavy atom. The largest absolute Gasteiger partial charge is 0.450 e. The molecule has 0 radical (unpaired) electrons. The van der Waals surface area contributed by atoms with Gasteiger partial charge >= 0.3 is 6.09 Å². The van der Waals surface area contributed by atoms with Crippen LogP contribution in [0, 0.1) is 0 Å². The molecule has 0 heterocycles. The average Bonchev–Trinajstić information content (AvgIpc) is 2.00. The number of nitrogens with one attached hydrogen (secondary N) is 2. The molecule has 14 heavy (non-hydrogen) atoms. The molecular formula is C10H22N2O2. The maximum absolute atomic E-state index is 11.1. The number of rotatable bonds is 5. The van der Waals surface area contributed by atoms with E-state index in [1.165, 1.54) is 0 Å². The highest BCUT2D eigenvalue weighted by Gasteiger charge is 2.13. The number of hydrogen-bond donors (Lipinski definition) is 2. The minimum atomic E-state index is -0.332. The molecule has 84 valence electrons. The highest BCUT2D eigenvalue weighted by atomic mass is 16.5. The van der Waals surface area contributed by atoms with Crippen molar-refractivity contribution in [3.8, 4) is 0 Å². The molecule has 1 amide bonds. The van der Waals surface area contributed by atoms with Crippen LogP contribution < -0.4 is 10.6 Å². The summed E-state index contributed by atoms with van der Waals surface area (Å²) >= 11 is 0. The van der Waals surface area contributed by atoms with Gasteiger partial charge in [0.1, 0.15) is 0 Å². The number of carbonyl (C=O) groups is 1. The smallest absolute Gasteiger partial charge is 0.407 e. The number of amides is 1. The van der Waals surface area contributed by atoms with E-state index in [1.807, 2.05) is 27.8 Å². The molecule has 0 aromatic heterocycles. The Balaban J connectivity index is 3.36. The maximum Gasteiger partial charge on any atom is 0.407 e. The van der Waals surface area contributed by atoms with E-state index in [9.17, 15) is 4.79 Å². The second-order valence-corrected chi connectivity index (χ2v) is 4.32. The van der Waals surface area contributed by atoms with Crippen molar-refractivity contribution in [3.05, 3.63) is 0 Å². The molecule has 0 fully saturated rings. The van der Waals surface area contributed by atoms with E-state index in [1.54, 1.807) is 0 Å². The molecule has 0 saturated heterocycles. The number of hydrogen-bond acceptors (Lipinski definition) is 3. The molecule has 0 bridgehead atoms. The predicted molar refractivity (Wildman–Crippen MR) is 57.4 cm³/mol. The van der Waals surface area contributed by atoms with Gasteiger partial charge < -0.3 is 15.4 Å². The lowest BCUT2D eigenvalue weighted by molar-refractivity contribution is 0.135. The Hall–Kier alpha value is -0.770. The summed E-state index contributed by atoms with van der Waals surface area (Å²) in [5, 5.41) is 5.77. The number of unbranched alkanes of at least 4 members (excludes halogenated alkanes) is 1. The lowest BCUT2D eigenvalue weighted by Gasteiger charge is -2.19. The molecule has 0 saturated carbocycles. The third-order valence-corrected chi connectivity index (χ3v) is 1.53. The molecule has 0 aromatic carbocycles. The van der Waals surface area contributed by atoms with Gasteiger partial charge in [-0.3, -0.25) is 0 Å². The molecule has 2 N–H and O–H groups in total. The highest BCUT2D eigenvalue weighted by molar-refractivity contribution is 5.67. The second-order valence-electron chi connectivity index (χ2n) is 4.32. The third-order valence-electron chi connectivity index (χ3n) is 1.53. The summed E-state index contributed by atoms with van der Waals surface area (Å²) < 4.78 is 4.99. The van der Waals surface area contributed by atoms with Gasteiger partial charge in [0.15, 0.2) is 0 Å². The Kier molecular flexibility index (Phi) is 6.28. The van der Waals surface area contributed by atoms with Crippen LogP contribution in [0.2, 0.25) is 0 Å². The molecule has 0 aliphatic carbocycles. The zero-order valence-electron chi connectivity index (χ0n) is 9.64. The van der Waals surface area contributed by atoms with Crippen molar-refractivity contribution < 1.29 is 9.53 Å². The van der Waals surface area contributed by atoms with Crippen LogP contribution in [-0.4, -0.2) is 31.8 Å². The van der Waals surface area contributed by atoms with Gasteiger partial charge in [-0.15, -0.1) is 0 Å². The summed E-state index contributed by atoms with van der Waals surface area (Å²) in [6, 6.07) is 0. The predicted octanol–water partition coefficient (Wildman–Crippen LogP) is 1.51. The van der Waals surface area contributed by atoms with E-state index in [4.69, 9.17) is 4.74 Å². The second kappa shape index (κ2) is 6.65. The Labute approximate surface area is 86.4 Å². The van der Waals surface area contributed by atoms with Crippen molar-refractivity contribution in [1.82, 2.24) is 10.6 Å². The van der Waals surface area contributed by atoms with Crippen molar-refractivity contribution in [2.24, 2.45) is 0 Å². The number of carbonyl (C=O) groups excluding carboxylic acids is 1. The molecule has 0 unspecified atom stereocenters. The normalized spacial score (nSPS) is 11.1. The lowest BCUT2D eigenvalue weighted by Crippen LogP contribution is -2.41. The molecule has 4 nitrogen and oxygen atoms in total. The van der Waals surface area contributed by atoms with E-state index in [0.29, 0.717) is 6.61 Å². The summed E-state index contributed by atoms with van der Waals surface area (Å²) in [5.74, 6) is 0. The average molecular weight is 202 g/mol. The van der Waals surface area contributed by atoms with E-state index in [2.05, 4.69) is 10.6 Å². The Morgan fingerprint density at radius 2 is 1.93 bits per heavy atom. The number of alkyl carbamates (subject to hydrolysis) is 1. The summed E-state index contributed by atoms with van der Waals surface area (Å²) in [7, 11) is 1.91. The van der Waals surface area contributed by atoms with Crippen molar-refractivity contribution >= 4 is 6.09 Å². The quantitative estimate of drug-likeness (QED) is 0.664. The molecule has 0 spiro atoms. The molecule has 4 heteroatoms. The zero-order chi connectivity index (χ0) is 11.0. The molecule has 0 atom stereocenters. The fourth-order valence-electron chi connectivity index (χ4n) is 0.911. The first kappa shape index (κ1) is 13.2. The van der Waals surface area contributed by atoms with Crippen LogP contribution in [0.3, 0.4) is 0 Å². The molecule has 0 aliphatic rings. The van der Waals surface area contributed by atoms with Gasteiger partial charge in [0, 0.05) is 5.54 Å². The van der Waals surface area contributed by atoms with Crippen LogP contribution in [0.5, 0.6) is 0 Å². The van der Waals surface area contributed by atoms with Gasteiger partial charge in [-0.25, -0.2) is 4.79 Å². The topological polar surface area (TPSA) is 50.4 Å². The maximum atomic E-state index is 11.1. The van der Waals surface area contributed by atoms with E-state index >= 15 is 0 Å². The van der Waals surface area contributed by atoms with Crippen LogP contribution in [0.4, 0.5) is 4.79 Å². The van der Waals surface area contributed by atoms with Crippen molar-refractivity contribution in [2.75, 3.05) is 20.2 Å². The van der Waals surface area contributed by atoms with E-state index in [-0.39, 0.29) is 11.6 Å². The van der Waals surface area contributed by atoms with Gasteiger partial charge in [-0.2, -0.15) is 0 Å². The fourth-order valence-corrected chi connectivity index (χ4v) is 0.911. The van der Waals surface area contributed by atoms with Gasteiger partial charge in [0.2, 0.25) is 0 Å². The van der Waals surface area contributed by atoms with Gasteiger partial charge in [-0.1, -0.05) is 0 Å². The summed E-state index contributed by atoms with van der Waals surface area (Å²) in [6.07, 6.45) is 1.60. The van der Waals surface area contributed by atoms with Crippen LogP contribution >= 0.6 is 0 Å². The van der Waals surface area contributed by atoms with Gasteiger partial charge in [0.25, 0.3) is 0 Å². The SMILES string of the molecule is CNCCCCOC(=O)NC(C)(C)C. The van der Waals surface area contributed by atoms with E-state index in [0.717, 1.165) is 19.4 Å². The fraction of sp³-hybridized carbons (Fsp3) is 0.900. The lowest BCUT2D eigenvalue weighted by atomic mass is 10.1.